The summed E-state index contributed by atoms with van der Waals surface area (Å²) in [6, 6.07) is 13.4. The van der Waals surface area contributed by atoms with E-state index in [1.54, 1.807) is 29.2 Å². The fourth-order valence-corrected chi connectivity index (χ4v) is 3.62. The molecule has 1 heterocycles. The molecule has 0 fully saturated rings. The maximum absolute atomic E-state index is 10.6. The normalized spacial score (nSPS) is 10.8. The van der Waals surface area contributed by atoms with Crippen molar-refractivity contribution in [1.29, 1.82) is 0 Å². The summed E-state index contributed by atoms with van der Waals surface area (Å²) in [6.45, 7) is 0. The van der Waals surface area contributed by atoms with E-state index in [4.69, 9.17) is 10.9 Å². The third-order valence-corrected chi connectivity index (χ3v) is 4.64. The number of rotatable bonds is 5. The van der Waals surface area contributed by atoms with E-state index in [1.165, 1.54) is 15.3 Å². The molecule has 6 heteroatoms. The number of hydrogen-bond acceptors (Lipinski definition) is 4. The third-order valence-electron chi connectivity index (χ3n) is 2.39. The minimum absolute atomic E-state index is 0.368. The van der Waals surface area contributed by atoms with Gasteiger partial charge in [-0.25, -0.2) is 4.79 Å². The Balaban J connectivity index is 1.91. The van der Waals surface area contributed by atoms with Gasteiger partial charge in [0.25, 0.3) is 0 Å². The molecule has 0 spiro atoms. The number of nitrogens with zero attached hydrogens (tertiary/aromatic N) is 1. The maximum atomic E-state index is 10.6. The zero-order chi connectivity index (χ0) is 14.4. The van der Waals surface area contributed by atoms with E-state index < -0.39 is 6.03 Å². The van der Waals surface area contributed by atoms with E-state index in [2.05, 4.69) is 18.2 Å². The molecule has 0 saturated heterocycles. The number of urea groups is 1. The Morgan fingerprint density at radius 1 is 1.30 bits per heavy atom. The number of benzene rings is 1. The molecular weight excluding hydrogens is 292 g/mol. The second-order valence-electron chi connectivity index (χ2n) is 3.91. The van der Waals surface area contributed by atoms with Gasteiger partial charge in [-0.3, -0.25) is 5.21 Å². The van der Waals surface area contributed by atoms with Gasteiger partial charge in [-0.15, -0.1) is 11.3 Å². The van der Waals surface area contributed by atoms with Gasteiger partial charge in [0, 0.05) is 22.4 Å². The first-order valence-corrected chi connectivity index (χ1v) is 7.54. The predicted molar refractivity (Wildman–Crippen MR) is 80.9 cm³/mol. The number of nitrogens with two attached hydrogens (primary N) is 1. The van der Waals surface area contributed by atoms with Gasteiger partial charge < -0.3 is 5.73 Å². The Labute approximate surface area is 125 Å². The fourth-order valence-electron chi connectivity index (χ4n) is 1.47. The van der Waals surface area contributed by atoms with Gasteiger partial charge in [-0.1, -0.05) is 36.0 Å². The van der Waals surface area contributed by atoms with Gasteiger partial charge in [0.05, 0.1) is 4.21 Å². The molecule has 0 aliphatic heterocycles. The van der Waals surface area contributed by atoms with Crippen LogP contribution in [0.15, 0.2) is 63.8 Å². The lowest BCUT2D eigenvalue weighted by Crippen LogP contribution is -2.27. The second-order valence-corrected chi connectivity index (χ2v) is 6.45. The van der Waals surface area contributed by atoms with Gasteiger partial charge in [0.15, 0.2) is 0 Å². The summed E-state index contributed by atoms with van der Waals surface area (Å²) < 4.78 is 1.20. The monoisotopic (exact) mass is 306 g/mol. The molecule has 0 atom stereocenters. The van der Waals surface area contributed by atoms with Crippen molar-refractivity contribution in [2.24, 2.45) is 5.73 Å². The molecule has 4 nitrogen and oxygen atoms in total. The first kappa shape index (κ1) is 14.6. The molecule has 2 amide bonds. The summed E-state index contributed by atoms with van der Waals surface area (Å²) in [5.74, 6) is 0. The Bertz CT molecular complexity index is 596. The number of carbonyl (C=O) groups excluding carboxylic acids is 1. The van der Waals surface area contributed by atoms with E-state index >= 15 is 0 Å². The van der Waals surface area contributed by atoms with Crippen LogP contribution in [0.25, 0.3) is 0 Å². The molecular formula is C14H14N2O2S2. The van der Waals surface area contributed by atoms with E-state index in [-0.39, 0.29) is 0 Å². The van der Waals surface area contributed by atoms with Crippen molar-refractivity contribution in [1.82, 2.24) is 5.06 Å². The van der Waals surface area contributed by atoms with Gasteiger partial charge in [0.2, 0.25) is 0 Å². The summed E-state index contributed by atoms with van der Waals surface area (Å²) in [5, 5.41) is 9.44. The number of hydrogen-bond donors (Lipinski definition) is 2. The maximum Gasteiger partial charge on any atom is 0.342 e. The van der Waals surface area contributed by atoms with Gasteiger partial charge in [0.1, 0.15) is 0 Å². The summed E-state index contributed by atoms with van der Waals surface area (Å²) >= 11 is 3.40. The zero-order valence-corrected chi connectivity index (χ0v) is 12.2. The molecule has 0 bridgehead atoms. The van der Waals surface area contributed by atoms with Crippen LogP contribution in [0.2, 0.25) is 0 Å². The molecule has 0 aliphatic carbocycles. The first-order valence-electron chi connectivity index (χ1n) is 5.91. The van der Waals surface area contributed by atoms with Crippen molar-refractivity contribution in [2.45, 2.75) is 15.5 Å². The molecule has 0 radical (unpaired) electrons. The molecule has 104 valence electrons. The Hall–Kier alpha value is -1.76. The van der Waals surface area contributed by atoms with Crippen LogP contribution >= 0.6 is 23.1 Å². The molecule has 2 aromatic rings. The quantitative estimate of drug-likeness (QED) is 0.653. The van der Waals surface area contributed by atoms with Crippen LogP contribution in [-0.2, 0) is 6.42 Å². The van der Waals surface area contributed by atoms with Crippen LogP contribution in [0.4, 0.5) is 4.79 Å². The molecule has 3 N–H and O–H groups in total. The number of amides is 2. The number of carbonyl (C=O) groups is 1. The largest absolute Gasteiger partial charge is 0.349 e. The van der Waals surface area contributed by atoms with Gasteiger partial charge >= 0.3 is 6.03 Å². The summed E-state index contributed by atoms with van der Waals surface area (Å²) in [6.07, 6.45) is 3.59. The van der Waals surface area contributed by atoms with E-state index in [0.29, 0.717) is 11.5 Å². The van der Waals surface area contributed by atoms with Crippen LogP contribution in [0.3, 0.4) is 0 Å². The van der Waals surface area contributed by atoms with E-state index in [9.17, 15) is 4.79 Å². The van der Waals surface area contributed by atoms with Gasteiger partial charge in [-0.05, 0) is 24.3 Å². The van der Waals surface area contributed by atoms with E-state index in [1.807, 2.05) is 24.3 Å². The second kappa shape index (κ2) is 7.14. The Morgan fingerprint density at radius 3 is 2.75 bits per heavy atom. The molecule has 1 aromatic heterocycles. The lowest BCUT2D eigenvalue weighted by atomic mass is 10.3. The summed E-state index contributed by atoms with van der Waals surface area (Å²) in [5.41, 5.74) is 4.89. The number of hydroxylamine groups is 2. The van der Waals surface area contributed by atoms with Crippen molar-refractivity contribution in [3.05, 3.63) is 59.6 Å². The minimum atomic E-state index is -0.896. The van der Waals surface area contributed by atoms with Crippen molar-refractivity contribution in [3.63, 3.8) is 0 Å². The summed E-state index contributed by atoms with van der Waals surface area (Å²) in [4.78, 5) is 12.9. The molecule has 20 heavy (non-hydrogen) atoms. The molecule has 0 saturated carbocycles. The van der Waals surface area contributed by atoms with Crippen molar-refractivity contribution < 1.29 is 10.0 Å². The average molecular weight is 306 g/mol. The van der Waals surface area contributed by atoms with Crippen molar-refractivity contribution in [3.8, 4) is 0 Å². The Kier molecular flexibility index (Phi) is 5.23. The average Bonchev–Trinajstić information content (AvgIpc) is 2.87. The van der Waals surface area contributed by atoms with Gasteiger partial charge in [-0.2, -0.15) is 5.06 Å². The highest BCUT2D eigenvalue weighted by molar-refractivity contribution is 8.01. The van der Waals surface area contributed by atoms with Crippen LogP contribution in [0.1, 0.15) is 4.88 Å². The lowest BCUT2D eigenvalue weighted by Gasteiger charge is -2.03. The van der Waals surface area contributed by atoms with E-state index in [0.717, 1.165) is 4.88 Å². The zero-order valence-electron chi connectivity index (χ0n) is 10.6. The fraction of sp³-hybridized carbons (Fsp3) is 0.0714. The highest BCUT2D eigenvalue weighted by Gasteiger charge is 2.02. The molecule has 2 rings (SSSR count). The SMILES string of the molecule is NC(=O)N(O)C=CCc1ccc(Sc2ccccc2)s1. The first-order chi connectivity index (χ1) is 9.65. The predicted octanol–water partition coefficient (Wildman–Crippen LogP) is 3.73. The van der Waals surface area contributed by atoms with Crippen LogP contribution in [0.5, 0.6) is 0 Å². The highest BCUT2D eigenvalue weighted by Crippen LogP contribution is 2.33. The Morgan fingerprint density at radius 2 is 2.05 bits per heavy atom. The lowest BCUT2D eigenvalue weighted by molar-refractivity contribution is 0.00755. The number of allylic oxidation sites excluding steroid dienone is 1. The topological polar surface area (TPSA) is 66.6 Å². The summed E-state index contributed by atoms with van der Waals surface area (Å²) in [7, 11) is 0. The van der Waals surface area contributed by atoms with Crippen LogP contribution in [-0.4, -0.2) is 16.3 Å². The van der Waals surface area contributed by atoms with Crippen molar-refractivity contribution in [2.75, 3.05) is 0 Å². The standard InChI is InChI=1S/C14H14N2O2S2/c15-14(17)16(18)10-4-7-12-8-9-13(20-12)19-11-5-2-1-3-6-11/h1-6,8-10,18H,7H2,(H2,15,17). The van der Waals surface area contributed by atoms with Crippen LogP contribution < -0.4 is 5.73 Å². The van der Waals surface area contributed by atoms with Crippen molar-refractivity contribution >= 4 is 29.1 Å². The van der Waals surface area contributed by atoms with Crippen LogP contribution in [0, 0.1) is 0 Å². The molecule has 0 unspecified atom stereocenters. The number of thiophene rings is 1. The smallest absolute Gasteiger partial charge is 0.342 e. The third kappa shape index (κ3) is 4.41. The number of primary amides is 1. The molecule has 0 aliphatic rings. The molecule has 1 aromatic carbocycles. The highest BCUT2D eigenvalue weighted by atomic mass is 32.2. The minimum Gasteiger partial charge on any atom is -0.349 e.